The fourth-order valence-corrected chi connectivity index (χ4v) is 3.34. The summed E-state index contributed by atoms with van der Waals surface area (Å²) in [5.41, 5.74) is 1.96. The van der Waals surface area contributed by atoms with Crippen LogP contribution in [0.15, 0.2) is 61.5 Å². The number of fused-ring (bicyclic) bond motifs is 1. The average Bonchev–Trinajstić information content (AvgIpc) is 2.96. The molecule has 1 heterocycles. The van der Waals surface area contributed by atoms with Gasteiger partial charge in [0.2, 0.25) is 0 Å². The Morgan fingerprint density at radius 3 is 2.79 bits per heavy atom. The van der Waals surface area contributed by atoms with Gasteiger partial charge in [0.05, 0.1) is 17.6 Å². The lowest BCUT2D eigenvalue weighted by Gasteiger charge is -2.07. The molecule has 1 aromatic heterocycles. The summed E-state index contributed by atoms with van der Waals surface area (Å²) < 4.78 is 11.4. The minimum atomic E-state index is -1.30. The number of halogens is 1. The first-order valence-corrected chi connectivity index (χ1v) is 8.48. The molecule has 0 spiro atoms. The molecule has 7 heteroatoms. The third kappa shape index (κ3) is 3.63. The maximum Gasteiger partial charge on any atom is 0.261 e. The number of methoxy groups -OCH3 is 1. The zero-order chi connectivity index (χ0) is 17.1. The second-order valence-corrected chi connectivity index (χ2v) is 6.59. The molecule has 3 aromatic rings. The number of oxazole rings is 1. The molecule has 0 fully saturated rings. The minimum Gasteiger partial charge on any atom is -0.544 e. The van der Waals surface area contributed by atoms with E-state index in [0.29, 0.717) is 22.4 Å². The van der Waals surface area contributed by atoms with E-state index in [4.69, 9.17) is 9.15 Å². The fourth-order valence-electron chi connectivity index (χ4n) is 2.04. The van der Waals surface area contributed by atoms with Gasteiger partial charge in [-0.25, -0.2) is 4.98 Å². The Labute approximate surface area is 150 Å². The van der Waals surface area contributed by atoms with Crippen molar-refractivity contribution >= 4 is 50.8 Å². The molecule has 122 valence electrons. The Hall–Kier alpha value is -2.25. The summed E-state index contributed by atoms with van der Waals surface area (Å²) in [5.74, 6) is -0.636. The van der Waals surface area contributed by atoms with Crippen molar-refractivity contribution in [2.24, 2.45) is 0 Å². The van der Waals surface area contributed by atoms with E-state index >= 15 is 0 Å². The number of carbonyl (C=O) groups is 1. The summed E-state index contributed by atoms with van der Waals surface area (Å²) in [4.78, 5) is 15.7. The van der Waals surface area contributed by atoms with Crippen LogP contribution in [0.5, 0.6) is 5.75 Å². The first-order valence-electron chi connectivity index (χ1n) is 6.87. The maximum atomic E-state index is 11.4. The van der Waals surface area contributed by atoms with Gasteiger partial charge in [-0.3, -0.25) is 0 Å². The number of ether oxygens (including phenoxy) is 1. The van der Waals surface area contributed by atoms with Crippen molar-refractivity contribution in [3.63, 3.8) is 0 Å². The Morgan fingerprint density at radius 1 is 1.33 bits per heavy atom. The van der Waals surface area contributed by atoms with Crippen molar-refractivity contribution in [2.75, 3.05) is 7.11 Å². The van der Waals surface area contributed by atoms with Gasteiger partial charge in [-0.15, -0.1) is 0 Å². The lowest BCUT2D eigenvalue weighted by atomic mass is 10.2. The molecule has 0 unspecified atom stereocenters. The van der Waals surface area contributed by atoms with Crippen molar-refractivity contribution in [1.29, 1.82) is 0 Å². The summed E-state index contributed by atoms with van der Waals surface area (Å²) in [6.45, 7) is 0. The number of benzene rings is 2. The highest BCUT2D eigenvalue weighted by Crippen LogP contribution is 2.32. The van der Waals surface area contributed by atoms with Crippen LogP contribution in [0.2, 0.25) is 0 Å². The quantitative estimate of drug-likeness (QED) is 0.478. The van der Waals surface area contributed by atoms with Crippen LogP contribution >= 0.6 is 27.7 Å². The van der Waals surface area contributed by atoms with Crippen molar-refractivity contribution in [1.82, 2.24) is 4.98 Å². The first kappa shape index (κ1) is 16.6. The highest BCUT2D eigenvalue weighted by atomic mass is 79.9. The summed E-state index contributed by atoms with van der Waals surface area (Å²) in [7, 11) is 1.56. The van der Waals surface area contributed by atoms with Gasteiger partial charge in [0.1, 0.15) is 11.3 Å². The van der Waals surface area contributed by atoms with E-state index in [-0.39, 0.29) is 10.1 Å². The van der Waals surface area contributed by atoms with Crippen LogP contribution < -0.4 is 9.84 Å². The van der Waals surface area contributed by atoms with Crippen LogP contribution in [0.4, 0.5) is 0 Å². The van der Waals surface area contributed by atoms with Gasteiger partial charge < -0.3 is 19.1 Å². The molecule has 0 bridgehead atoms. The van der Waals surface area contributed by atoms with E-state index in [9.17, 15) is 9.90 Å². The Bertz CT molecular complexity index is 902. The molecule has 0 atom stereocenters. The number of thioether (sulfide) groups is 1. The zero-order valence-corrected chi connectivity index (χ0v) is 14.9. The summed E-state index contributed by atoms with van der Waals surface area (Å²) >= 11 is 4.28. The molecule has 24 heavy (non-hydrogen) atoms. The third-order valence-corrected chi connectivity index (χ3v) is 4.62. The first-order chi connectivity index (χ1) is 11.6. The highest BCUT2D eigenvalue weighted by molar-refractivity contribution is 9.10. The third-order valence-electron chi connectivity index (χ3n) is 3.15. The molecule has 3 rings (SSSR count). The van der Waals surface area contributed by atoms with Crippen LogP contribution in [-0.2, 0) is 4.79 Å². The SMILES string of the molecule is COc1ccc(/C=C(/Sc2nc3ccccc3o2)C(=O)[O-])cc1Br. The topological polar surface area (TPSA) is 75.4 Å². The molecule has 0 saturated heterocycles. The number of carboxylic acid groups (broad SMARTS) is 1. The van der Waals surface area contributed by atoms with E-state index < -0.39 is 5.97 Å². The van der Waals surface area contributed by atoms with E-state index in [1.165, 1.54) is 6.08 Å². The zero-order valence-electron chi connectivity index (χ0n) is 12.5. The Balaban J connectivity index is 1.91. The van der Waals surface area contributed by atoms with Crippen molar-refractivity contribution in [3.05, 3.63) is 57.4 Å². The van der Waals surface area contributed by atoms with Gasteiger partial charge in [0.15, 0.2) is 5.58 Å². The van der Waals surface area contributed by atoms with Gasteiger partial charge in [0, 0.05) is 4.91 Å². The molecule has 2 aromatic carbocycles. The van der Waals surface area contributed by atoms with Crippen LogP contribution in [0.3, 0.4) is 0 Å². The molecule has 0 amide bonds. The number of hydrogen-bond acceptors (Lipinski definition) is 6. The van der Waals surface area contributed by atoms with E-state index in [1.54, 1.807) is 37.4 Å². The number of hydrogen-bond donors (Lipinski definition) is 0. The number of nitrogens with zero attached hydrogens (tertiary/aromatic N) is 1. The van der Waals surface area contributed by atoms with E-state index in [0.717, 1.165) is 16.2 Å². The molecule has 5 nitrogen and oxygen atoms in total. The monoisotopic (exact) mass is 404 g/mol. The minimum absolute atomic E-state index is 0.00128. The van der Waals surface area contributed by atoms with Crippen molar-refractivity contribution in [2.45, 2.75) is 5.22 Å². The predicted molar refractivity (Wildman–Crippen MR) is 93.5 cm³/mol. The van der Waals surface area contributed by atoms with E-state index in [2.05, 4.69) is 20.9 Å². The lowest BCUT2D eigenvalue weighted by Crippen LogP contribution is -2.23. The molecule has 0 aliphatic rings. The number of rotatable bonds is 5. The summed E-state index contributed by atoms with van der Waals surface area (Å²) in [6, 6.07) is 12.5. The van der Waals surface area contributed by atoms with Gasteiger partial charge in [-0.05, 0) is 63.6 Å². The van der Waals surface area contributed by atoms with Crippen LogP contribution in [0.1, 0.15) is 5.56 Å². The molecule has 0 aliphatic heterocycles. The second-order valence-electron chi connectivity index (χ2n) is 4.74. The van der Waals surface area contributed by atoms with Gasteiger partial charge in [-0.2, -0.15) is 0 Å². The maximum absolute atomic E-state index is 11.4. The lowest BCUT2D eigenvalue weighted by molar-refractivity contribution is -0.298. The Morgan fingerprint density at radius 2 is 2.12 bits per heavy atom. The molecule has 0 radical (unpaired) electrons. The van der Waals surface area contributed by atoms with Crippen molar-refractivity contribution < 1.29 is 19.1 Å². The van der Waals surface area contributed by atoms with Gasteiger partial charge in [-0.1, -0.05) is 18.2 Å². The number of aliphatic carboxylic acids is 1. The number of para-hydroxylation sites is 2. The number of carbonyl (C=O) groups excluding carboxylic acids is 1. The average molecular weight is 405 g/mol. The standard InChI is InChI=1S/C17H12BrNO4S/c1-22-13-7-6-10(8-11(13)18)9-15(16(20)21)24-17-19-12-4-2-3-5-14(12)23-17/h2-9H,1H3,(H,20,21)/p-1/b15-9+. The van der Waals surface area contributed by atoms with Crippen LogP contribution in [0, 0.1) is 0 Å². The van der Waals surface area contributed by atoms with Crippen molar-refractivity contribution in [3.8, 4) is 5.75 Å². The fraction of sp³-hybridized carbons (Fsp3) is 0.0588. The summed E-state index contributed by atoms with van der Waals surface area (Å²) in [5, 5.41) is 11.7. The molecule has 0 aliphatic carbocycles. The summed E-state index contributed by atoms with van der Waals surface area (Å²) in [6.07, 6.45) is 1.50. The normalized spacial score (nSPS) is 11.7. The highest BCUT2D eigenvalue weighted by Gasteiger charge is 2.10. The molecule has 0 saturated carbocycles. The predicted octanol–water partition coefficient (Wildman–Crippen LogP) is 3.48. The van der Waals surface area contributed by atoms with Crippen LogP contribution in [0.25, 0.3) is 17.2 Å². The van der Waals surface area contributed by atoms with Gasteiger partial charge >= 0.3 is 0 Å². The molecular weight excluding hydrogens is 394 g/mol. The van der Waals surface area contributed by atoms with Crippen LogP contribution in [-0.4, -0.2) is 18.1 Å². The molecule has 0 N–H and O–H groups in total. The van der Waals surface area contributed by atoms with E-state index in [1.807, 2.05) is 12.1 Å². The second kappa shape index (κ2) is 7.11. The largest absolute Gasteiger partial charge is 0.544 e. The van der Waals surface area contributed by atoms with Gasteiger partial charge in [0.25, 0.3) is 5.22 Å². The molecular formula is C17H11BrNO4S-. The smallest absolute Gasteiger partial charge is 0.261 e. The number of carboxylic acids is 1. The number of aromatic nitrogens is 1. The Kier molecular flexibility index (Phi) is 4.92.